The number of hydrogen-bond donors (Lipinski definition) is 2. The minimum Gasteiger partial charge on any atom is -0.493 e. The Morgan fingerprint density at radius 1 is 1.43 bits per heavy atom. The number of carbonyl (C=O) groups is 1. The summed E-state index contributed by atoms with van der Waals surface area (Å²) >= 11 is 1.47. The second kappa shape index (κ2) is 7.04. The number of hydrogen-bond acceptors (Lipinski definition) is 7. The molecule has 9 heteroatoms. The highest BCUT2D eigenvalue weighted by molar-refractivity contribution is 7.22. The Kier molecular flexibility index (Phi) is 4.83. The van der Waals surface area contributed by atoms with Gasteiger partial charge in [0.1, 0.15) is 17.5 Å². The van der Waals surface area contributed by atoms with Gasteiger partial charge in [-0.05, 0) is 32.9 Å². The first-order valence-electron chi connectivity index (χ1n) is 9.40. The van der Waals surface area contributed by atoms with Gasteiger partial charge >= 0.3 is 6.09 Å². The Labute approximate surface area is 167 Å². The summed E-state index contributed by atoms with van der Waals surface area (Å²) in [6.07, 6.45) is -1.04. The number of benzene rings is 1. The number of amides is 1. The number of aromatic nitrogens is 1. The number of nitrogens with zero attached hydrogens (tertiary/aromatic N) is 2. The first-order valence-corrected chi connectivity index (χ1v) is 10.2. The number of likely N-dealkylation sites (tertiary alicyclic amines) is 1. The van der Waals surface area contributed by atoms with Crippen LogP contribution in [0.25, 0.3) is 10.2 Å². The van der Waals surface area contributed by atoms with Gasteiger partial charge < -0.3 is 25.4 Å². The van der Waals surface area contributed by atoms with Gasteiger partial charge in [0.2, 0.25) is 0 Å². The first kappa shape index (κ1) is 19.2. The third kappa shape index (κ3) is 3.73. The number of thiazole rings is 1. The van der Waals surface area contributed by atoms with E-state index >= 15 is 0 Å². The number of rotatable bonds is 2. The van der Waals surface area contributed by atoms with E-state index in [-0.39, 0.29) is 13.1 Å². The maximum absolute atomic E-state index is 14.9. The van der Waals surface area contributed by atoms with Crippen molar-refractivity contribution in [1.29, 1.82) is 0 Å². The Balaban J connectivity index is 1.47. The number of nitrogens with one attached hydrogen (secondary N) is 1. The van der Waals surface area contributed by atoms with Gasteiger partial charge in [-0.3, -0.25) is 0 Å². The number of halogens is 1. The zero-order chi connectivity index (χ0) is 20.1. The van der Waals surface area contributed by atoms with Crippen molar-refractivity contribution in [2.24, 2.45) is 5.73 Å². The van der Waals surface area contributed by atoms with Crippen molar-refractivity contribution in [2.75, 3.05) is 25.0 Å². The molecule has 3 heterocycles. The second-order valence-electron chi connectivity index (χ2n) is 8.24. The lowest BCUT2D eigenvalue weighted by atomic mass is 9.99. The summed E-state index contributed by atoms with van der Waals surface area (Å²) in [5.41, 5.74) is 7.57. The average molecular weight is 408 g/mol. The number of fused-ring (bicyclic) bond motifs is 3. The molecule has 2 aromatic rings. The van der Waals surface area contributed by atoms with Crippen LogP contribution in [-0.2, 0) is 11.2 Å². The Morgan fingerprint density at radius 3 is 2.93 bits per heavy atom. The summed E-state index contributed by atoms with van der Waals surface area (Å²) in [7, 11) is 0. The molecule has 152 valence electrons. The van der Waals surface area contributed by atoms with E-state index in [1.165, 1.54) is 16.2 Å². The number of carbonyl (C=O) groups excluding carboxylic acids is 1. The molecule has 0 radical (unpaired) electrons. The van der Waals surface area contributed by atoms with Crippen molar-refractivity contribution in [3.63, 3.8) is 0 Å². The van der Waals surface area contributed by atoms with Crippen LogP contribution in [0.5, 0.6) is 5.75 Å². The monoisotopic (exact) mass is 408 g/mol. The number of alkyl halides is 1. The summed E-state index contributed by atoms with van der Waals surface area (Å²) in [6, 6.07) is 2.73. The lowest BCUT2D eigenvalue weighted by molar-refractivity contribution is 0.00976. The summed E-state index contributed by atoms with van der Waals surface area (Å²) in [5.74, 6) is 0.870. The maximum Gasteiger partial charge on any atom is 0.410 e. The van der Waals surface area contributed by atoms with Gasteiger partial charge in [-0.2, -0.15) is 0 Å². The lowest BCUT2D eigenvalue weighted by Crippen LogP contribution is -2.61. The van der Waals surface area contributed by atoms with Gasteiger partial charge in [0, 0.05) is 24.6 Å². The smallest absolute Gasteiger partial charge is 0.410 e. The standard InChI is InChI=1S/C19H25FN4O3S/c1-19(2,3)27-18(25)24-8-11(20)16(12(21)9-24)23-17-22-15-10-6-7-26-13(10)4-5-14(15)28-17/h4-5,11-12,16H,6-9,21H2,1-3H3,(H,22,23)/t11-,12-,16+/m0/s1. The highest BCUT2D eigenvalue weighted by atomic mass is 32.1. The van der Waals surface area contributed by atoms with Crippen LogP contribution in [0, 0.1) is 0 Å². The third-order valence-corrected chi connectivity index (χ3v) is 5.80. The molecule has 3 N–H and O–H groups in total. The molecule has 7 nitrogen and oxygen atoms in total. The van der Waals surface area contributed by atoms with Crippen molar-refractivity contribution in [3.8, 4) is 5.75 Å². The van der Waals surface area contributed by atoms with E-state index < -0.39 is 29.9 Å². The van der Waals surface area contributed by atoms with E-state index in [2.05, 4.69) is 10.3 Å². The molecule has 28 heavy (non-hydrogen) atoms. The fourth-order valence-corrected chi connectivity index (χ4v) is 4.52. The highest BCUT2D eigenvalue weighted by Crippen LogP contribution is 2.37. The molecule has 1 aromatic heterocycles. The van der Waals surface area contributed by atoms with Crippen molar-refractivity contribution >= 4 is 32.8 Å². The van der Waals surface area contributed by atoms with E-state index in [1.807, 2.05) is 12.1 Å². The second-order valence-corrected chi connectivity index (χ2v) is 9.27. The normalized spacial score (nSPS) is 24.8. The molecule has 4 rings (SSSR count). The quantitative estimate of drug-likeness (QED) is 0.794. The molecule has 0 aliphatic carbocycles. The summed E-state index contributed by atoms with van der Waals surface area (Å²) < 4.78 is 26.8. The van der Waals surface area contributed by atoms with Crippen molar-refractivity contribution in [1.82, 2.24) is 9.88 Å². The molecule has 0 bridgehead atoms. The SMILES string of the molecule is CC(C)(C)OC(=O)N1C[C@H](N)[C@H](Nc2nc3c4c(ccc3s2)OCC4)[C@@H](F)C1. The molecular weight excluding hydrogens is 383 g/mol. The fourth-order valence-electron chi connectivity index (χ4n) is 3.58. The summed E-state index contributed by atoms with van der Waals surface area (Å²) in [6.45, 7) is 6.16. The van der Waals surface area contributed by atoms with Gasteiger partial charge in [-0.1, -0.05) is 11.3 Å². The minimum absolute atomic E-state index is 0.0611. The van der Waals surface area contributed by atoms with Crippen LogP contribution in [0.3, 0.4) is 0 Å². The molecule has 3 atom stereocenters. The predicted molar refractivity (Wildman–Crippen MR) is 107 cm³/mol. The number of anilines is 1. The van der Waals surface area contributed by atoms with Crippen molar-refractivity contribution in [2.45, 2.75) is 51.0 Å². The van der Waals surface area contributed by atoms with Gasteiger partial charge in [-0.15, -0.1) is 0 Å². The number of ether oxygens (including phenoxy) is 2. The van der Waals surface area contributed by atoms with Crippen LogP contribution in [0.2, 0.25) is 0 Å². The third-order valence-electron chi connectivity index (χ3n) is 4.85. The van der Waals surface area contributed by atoms with Crippen molar-refractivity contribution in [3.05, 3.63) is 17.7 Å². The Morgan fingerprint density at radius 2 is 2.21 bits per heavy atom. The average Bonchev–Trinajstić information content (AvgIpc) is 3.21. The van der Waals surface area contributed by atoms with Gasteiger partial charge in [0.05, 0.1) is 29.4 Å². The van der Waals surface area contributed by atoms with Crippen LogP contribution >= 0.6 is 11.3 Å². The van der Waals surface area contributed by atoms with Crippen molar-refractivity contribution < 1.29 is 18.7 Å². The predicted octanol–water partition coefficient (Wildman–Crippen LogP) is 2.93. The largest absolute Gasteiger partial charge is 0.493 e. The van der Waals surface area contributed by atoms with Gasteiger partial charge in [0.15, 0.2) is 5.13 Å². The summed E-state index contributed by atoms with van der Waals surface area (Å²) in [5, 5.41) is 3.79. The zero-order valence-corrected chi connectivity index (χ0v) is 17.0. The molecule has 0 saturated carbocycles. The lowest BCUT2D eigenvalue weighted by Gasteiger charge is -2.39. The van der Waals surface area contributed by atoms with E-state index in [9.17, 15) is 9.18 Å². The zero-order valence-electron chi connectivity index (χ0n) is 16.2. The van der Waals surface area contributed by atoms with E-state index in [1.54, 1.807) is 20.8 Å². The van der Waals surface area contributed by atoms with Gasteiger partial charge in [0.25, 0.3) is 0 Å². The van der Waals surface area contributed by atoms with Gasteiger partial charge in [-0.25, -0.2) is 14.2 Å². The molecule has 1 amide bonds. The van der Waals surface area contributed by atoms with E-state index in [4.69, 9.17) is 15.2 Å². The van der Waals surface area contributed by atoms with Crippen LogP contribution in [0.4, 0.5) is 14.3 Å². The van der Waals surface area contributed by atoms with Crippen LogP contribution in [0.1, 0.15) is 26.3 Å². The molecule has 2 aliphatic heterocycles. The van der Waals surface area contributed by atoms with Crippen LogP contribution in [-0.4, -0.2) is 59.5 Å². The molecule has 0 spiro atoms. The topological polar surface area (TPSA) is 89.7 Å². The first-order chi connectivity index (χ1) is 13.2. The van der Waals surface area contributed by atoms with Crippen LogP contribution in [0.15, 0.2) is 12.1 Å². The number of nitrogens with two attached hydrogens (primary N) is 1. The molecule has 2 aliphatic rings. The molecule has 0 unspecified atom stereocenters. The van der Waals surface area contributed by atoms with E-state index in [0.29, 0.717) is 11.7 Å². The summed E-state index contributed by atoms with van der Waals surface area (Å²) in [4.78, 5) is 18.2. The highest BCUT2D eigenvalue weighted by Gasteiger charge is 2.39. The maximum atomic E-state index is 14.9. The number of piperidine rings is 1. The molecule has 1 saturated heterocycles. The molecule has 1 aromatic carbocycles. The van der Waals surface area contributed by atoms with E-state index in [0.717, 1.165) is 28.0 Å². The Bertz CT molecular complexity index is 885. The molecule has 1 fully saturated rings. The minimum atomic E-state index is -1.32. The Hall–Kier alpha value is -2.13. The fraction of sp³-hybridized carbons (Fsp3) is 0.579. The van der Waals surface area contributed by atoms with Crippen LogP contribution < -0.4 is 15.8 Å². The molecular formula is C19H25FN4O3S.